The summed E-state index contributed by atoms with van der Waals surface area (Å²) >= 11 is 1.54. The minimum atomic E-state index is -0.118. The number of nitrogen functional groups attached to an aromatic ring is 1. The predicted molar refractivity (Wildman–Crippen MR) is 73.6 cm³/mol. The number of carbonyl (C=O) groups excluding carboxylic acids is 1. The van der Waals surface area contributed by atoms with Crippen molar-refractivity contribution in [2.75, 3.05) is 5.73 Å². The number of nitrogens with zero attached hydrogens (tertiary/aromatic N) is 1. The topological polar surface area (TPSA) is 68.0 Å². The van der Waals surface area contributed by atoms with Gasteiger partial charge in [-0.2, -0.15) is 0 Å². The number of hydrogen-bond acceptors (Lipinski definition) is 4. The predicted octanol–water partition coefficient (Wildman–Crippen LogP) is 2.27. The molecule has 1 aromatic carbocycles. The number of hydrogen-bond donors (Lipinski definition) is 2. The smallest absolute Gasteiger partial charge is 0.251 e. The van der Waals surface area contributed by atoms with Gasteiger partial charge in [-0.05, 0) is 31.5 Å². The molecular formula is C13H15N3OS. The highest BCUT2D eigenvalue weighted by molar-refractivity contribution is 7.09. The summed E-state index contributed by atoms with van der Waals surface area (Å²) < 4.78 is 0. The number of amides is 1. The summed E-state index contributed by atoms with van der Waals surface area (Å²) in [4.78, 5) is 16.3. The van der Waals surface area contributed by atoms with Crippen molar-refractivity contribution >= 4 is 22.9 Å². The summed E-state index contributed by atoms with van der Waals surface area (Å²) in [6, 6.07) is 5.34. The van der Waals surface area contributed by atoms with Crippen LogP contribution in [0.5, 0.6) is 0 Å². The quantitative estimate of drug-likeness (QED) is 0.833. The number of anilines is 1. The van der Waals surface area contributed by atoms with Gasteiger partial charge in [0.05, 0.1) is 6.54 Å². The zero-order valence-electron chi connectivity index (χ0n) is 10.4. The minimum absolute atomic E-state index is 0.118. The van der Waals surface area contributed by atoms with Crippen LogP contribution in [0.4, 0.5) is 5.69 Å². The van der Waals surface area contributed by atoms with Crippen molar-refractivity contribution in [3.63, 3.8) is 0 Å². The van der Waals surface area contributed by atoms with E-state index >= 15 is 0 Å². The second-order valence-corrected chi connectivity index (χ2v) is 5.03. The highest BCUT2D eigenvalue weighted by Gasteiger charge is 2.10. The van der Waals surface area contributed by atoms with Gasteiger partial charge < -0.3 is 11.1 Å². The van der Waals surface area contributed by atoms with E-state index in [0.29, 0.717) is 17.8 Å². The average molecular weight is 261 g/mol. The van der Waals surface area contributed by atoms with Crippen LogP contribution in [0, 0.1) is 13.8 Å². The van der Waals surface area contributed by atoms with E-state index < -0.39 is 0 Å². The maximum Gasteiger partial charge on any atom is 0.251 e. The Bertz CT molecular complexity index is 577. The summed E-state index contributed by atoms with van der Waals surface area (Å²) in [7, 11) is 0. The molecule has 0 bridgehead atoms. The number of thiazole rings is 1. The fourth-order valence-electron chi connectivity index (χ4n) is 1.63. The Labute approximate surface area is 110 Å². The van der Waals surface area contributed by atoms with Gasteiger partial charge in [0.2, 0.25) is 0 Å². The molecule has 0 spiro atoms. The first-order valence-electron chi connectivity index (χ1n) is 5.62. The third kappa shape index (κ3) is 2.68. The van der Waals surface area contributed by atoms with Crippen LogP contribution in [0.1, 0.15) is 26.6 Å². The zero-order chi connectivity index (χ0) is 13.1. The number of aromatic nitrogens is 1. The van der Waals surface area contributed by atoms with E-state index in [1.807, 2.05) is 19.2 Å². The molecule has 1 amide bonds. The molecule has 18 heavy (non-hydrogen) atoms. The Kier molecular flexibility index (Phi) is 3.62. The molecule has 0 unspecified atom stereocenters. The van der Waals surface area contributed by atoms with Crippen molar-refractivity contribution in [2.24, 2.45) is 0 Å². The molecule has 0 radical (unpaired) electrons. The molecule has 0 aliphatic carbocycles. The average Bonchev–Trinajstić information content (AvgIpc) is 2.76. The molecule has 2 aromatic rings. The van der Waals surface area contributed by atoms with Crippen molar-refractivity contribution in [2.45, 2.75) is 20.4 Å². The third-order valence-electron chi connectivity index (χ3n) is 2.69. The van der Waals surface area contributed by atoms with Crippen LogP contribution < -0.4 is 11.1 Å². The number of benzene rings is 1. The maximum atomic E-state index is 12.0. The molecule has 5 heteroatoms. The molecule has 0 aliphatic heterocycles. The molecule has 3 N–H and O–H groups in total. The van der Waals surface area contributed by atoms with E-state index in [-0.39, 0.29) is 5.91 Å². The van der Waals surface area contributed by atoms with Crippen LogP contribution in [0.25, 0.3) is 0 Å². The monoisotopic (exact) mass is 261 g/mol. The lowest BCUT2D eigenvalue weighted by molar-refractivity contribution is 0.0950. The highest BCUT2D eigenvalue weighted by atomic mass is 32.1. The van der Waals surface area contributed by atoms with E-state index in [1.54, 1.807) is 29.5 Å². The Morgan fingerprint density at radius 1 is 1.44 bits per heavy atom. The van der Waals surface area contributed by atoms with Gasteiger partial charge in [0.25, 0.3) is 5.91 Å². The van der Waals surface area contributed by atoms with Gasteiger partial charge in [-0.1, -0.05) is 6.07 Å². The van der Waals surface area contributed by atoms with Crippen LogP contribution in [0.3, 0.4) is 0 Å². The number of nitrogens with two attached hydrogens (primary N) is 1. The number of carbonyl (C=O) groups is 1. The van der Waals surface area contributed by atoms with Crippen LogP contribution in [-0.4, -0.2) is 10.9 Å². The molecule has 94 valence electrons. The lowest BCUT2D eigenvalue weighted by Gasteiger charge is -2.08. The first-order chi connectivity index (χ1) is 8.58. The lowest BCUT2D eigenvalue weighted by atomic mass is 10.1. The van der Waals surface area contributed by atoms with E-state index in [1.165, 1.54) is 0 Å². The Morgan fingerprint density at radius 3 is 2.89 bits per heavy atom. The zero-order valence-corrected chi connectivity index (χ0v) is 11.2. The number of rotatable bonds is 3. The molecule has 0 saturated carbocycles. The number of aryl methyl sites for hydroxylation is 1. The van der Waals surface area contributed by atoms with E-state index in [9.17, 15) is 4.79 Å². The Morgan fingerprint density at radius 2 is 2.22 bits per heavy atom. The standard InChI is InChI=1S/C13H15N3OS/c1-8-7-18-12(16-8)6-15-13(17)10-4-3-5-11(14)9(10)2/h3-5,7H,6,14H2,1-2H3,(H,15,17). The molecule has 0 atom stereocenters. The fraction of sp³-hybridized carbons (Fsp3) is 0.231. The largest absolute Gasteiger partial charge is 0.398 e. The van der Waals surface area contributed by atoms with E-state index in [2.05, 4.69) is 10.3 Å². The van der Waals surface area contributed by atoms with Crippen LogP contribution >= 0.6 is 11.3 Å². The molecule has 1 heterocycles. The van der Waals surface area contributed by atoms with Gasteiger partial charge >= 0.3 is 0 Å². The number of nitrogens with one attached hydrogen (secondary N) is 1. The SMILES string of the molecule is Cc1csc(CNC(=O)c2cccc(N)c2C)n1. The maximum absolute atomic E-state index is 12.0. The van der Waals surface area contributed by atoms with Gasteiger partial charge in [0, 0.05) is 22.3 Å². The molecule has 4 nitrogen and oxygen atoms in total. The van der Waals surface area contributed by atoms with Crippen molar-refractivity contribution in [3.05, 3.63) is 45.4 Å². The first kappa shape index (κ1) is 12.6. The normalized spacial score (nSPS) is 10.3. The van der Waals surface area contributed by atoms with E-state index in [4.69, 9.17) is 5.73 Å². The van der Waals surface area contributed by atoms with Crippen LogP contribution in [0.15, 0.2) is 23.6 Å². The van der Waals surface area contributed by atoms with Crippen molar-refractivity contribution in [1.82, 2.24) is 10.3 Å². The fourth-order valence-corrected chi connectivity index (χ4v) is 2.35. The van der Waals surface area contributed by atoms with Crippen molar-refractivity contribution in [1.29, 1.82) is 0 Å². The summed E-state index contributed by atoms with van der Waals surface area (Å²) in [6.07, 6.45) is 0. The Balaban J connectivity index is 2.06. The second-order valence-electron chi connectivity index (χ2n) is 4.09. The molecule has 0 fully saturated rings. The van der Waals surface area contributed by atoms with Gasteiger partial charge in [-0.15, -0.1) is 11.3 Å². The Hall–Kier alpha value is -1.88. The summed E-state index contributed by atoms with van der Waals surface area (Å²) in [5, 5.41) is 5.72. The second kappa shape index (κ2) is 5.18. The first-order valence-corrected chi connectivity index (χ1v) is 6.50. The summed E-state index contributed by atoms with van der Waals surface area (Å²) in [5.74, 6) is -0.118. The van der Waals surface area contributed by atoms with Crippen molar-refractivity contribution in [3.8, 4) is 0 Å². The van der Waals surface area contributed by atoms with Crippen LogP contribution in [0.2, 0.25) is 0 Å². The molecule has 2 rings (SSSR count). The third-order valence-corrected chi connectivity index (χ3v) is 3.65. The molecule has 1 aromatic heterocycles. The van der Waals surface area contributed by atoms with Gasteiger partial charge in [-0.3, -0.25) is 4.79 Å². The van der Waals surface area contributed by atoms with Gasteiger partial charge in [0.1, 0.15) is 5.01 Å². The summed E-state index contributed by atoms with van der Waals surface area (Å²) in [6.45, 7) is 4.23. The van der Waals surface area contributed by atoms with Gasteiger partial charge in [-0.25, -0.2) is 4.98 Å². The molecule has 0 saturated heterocycles. The molecular weight excluding hydrogens is 246 g/mol. The van der Waals surface area contributed by atoms with Gasteiger partial charge in [0.15, 0.2) is 0 Å². The summed E-state index contributed by atoms with van der Waals surface area (Å²) in [5.41, 5.74) is 8.81. The molecule has 0 aliphatic rings. The van der Waals surface area contributed by atoms with Crippen molar-refractivity contribution < 1.29 is 4.79 Å². The van der Waals surface area contributed by atoms with Crippen LogP contribution in [-0.2, 0) is 6.54 Å². The lowest BCUT2D eigenvalue weighted by Crippen LogP contribution is -2.23. The highest BCUT2D eigenvalue weighted by Crippen LogP contribution is 2.15. The minimum Gasteiger partial charge on any atom is -0.398 e. The van der Waals surface area contributed by atoms with E-state index in [0.717, 1.165) is 16.3 Å².